The second-order valence-corrected chi connectivity index (χ2v) is 6.71. The highest BCUT2D eigenvalue weighted by Gasteiger charge is 2.35. The molecule has 1 rings (SSSR count). The summed E-state index contributed by atoms with van der Waals surface area (Å²) in [6.07, 6.45) is 6.30. The Hall–Kier alpha value is -0.570. The van der Waals surface area contributed by atoms with E-state index in [0.717, 1.165) is 6.54 Å². The molecule has 0 radical (unpaired) electrons. The van der Waals surface area contributed by atoms with Gasteiger partial charge >= 0.3 is 0 Å². The molecule has 1 amide bonds. The minimum atomic E-state index is -0.766. The van der Waals surface area contributed by atoms with Crippen LogP contribution in [0.15, 0.2) is 0 Å². The quantitative estimate of drug-likeness (QED) is 0.775. The number of rotatable bonds is 5. The number of hydrogen-bond acceptors (Lipinski definition) is 2. The van der Waals surface area contributed by atoms with Crippen molar-refractivity contribution in [1.29, 1.82) is 0 Å². The topological polar surface area (TPSA) is 55.1 Å². The minimum Gasteiger partial charge on any atom is -0.354 e. The van der Waals surface area contributed by atoms with Gasteiger partial charge in [0.05, 0.1) is 5.54 Å². The molecule has 0 spiro atoms. The molecule has 0 aromatic rings. The molecule has 0 heterocycles. The number of nitrogens with two attached hydrogens (primary N) is 1. The Morgan fingerprint density at radius 1 is 1.35 bits per heavy atom. The second kappa shape index (κ2) is 5.38. The predicted molar refractivity (Wildman–Crippen MR) is 71.6 cm³/mol. The van der Waals surface area contributed by atoms with E-state index in [-0.39, 0.29) is 5.91 Å². The van der Waals surface area contributed by atoms with Gasteiger partial charge in [-0.25, -0.2) is 0 Å². The van der Waals surface area contributed by atoms with Crippen molar-refractivity contribution in [2.45, 2.75) is 65.3 Å². The lowest BCUT2D eigenvalue weighted by Crippen LogP contribution is -2.51. The van der Waals surface area contributed by atoms with Crippen molar-refractivity contribution in [2.75, 3.05) is 6.54 Å². The fourth-order valence-corrected chi connectivity index (χ4v) is 2.94. The lowest BCUT2D eigenvalue weighted by atomic mass is 9.78. The molecule has 3 N–H and O–H groups in total. The largest absolute Gasteiger partial charge is 0.354 e. The Balaban J connectivity index is 2.54. The summed E-state index contributed by atoms with van der Waals surface area (Å²) < 4.78 is 0. The number of nitrogens with one attached hydrogen (secondary N) is 1. The molecule has 0 aliphatic heterocycles. The number of carbonyl (C=O) groups excluding carboxylic acids is 1. The highest BCUT2D eigenvalue weighted by Crippen LogP contribution is 2.42. The van der Waals surface area contributed by atoms with Crippen LogP contribution < -0.4 is 11.1 Å². The molecular weight excluding hydrogens is 212 g/mol. The summed E-state index contributed by atoms with van der Waals surface area (Å²) in [5, 5.41) is 3.05. The predicted octanol–water partition coefficient (Wildman–Crippen LogP) is 2.45. The van der Waals surface area contributed by atoms with Gasteiger partial charge in [-0.1, -0.05) is 26.7 Å². The Morgan fingerprint density at radius 3 is 2.29 bits per heavy atom. The lowest BCUT2D eigenvalue weighted by molar-refractivity contribution is -0.125. The maximum absolute atomic E-state index is 11.8. The fraction of sp³-hybridized carbons (Fsp3) is 0.929. The van der Waals surface area contributed by atoms with Crippen LogP contribution in [-0.2, 0) is 4.79 Å². The van der Waals surface area contributed by atoms with Gasteiger partial charge in [-0.15, -0.1) is 0 Å². The summed E-state index contributed by atoms with van der Waals surface area (Å²) >= 11 is 0. The van der Waals surface area contributed by atoms with Crippen LogP contribution in [0, 0.1) is 11.3 Å². The van der Waals surface area contributed by atoms with E-state index in [9.17, 15) is 4.79 Å². The van der Waals surface area contributed by atoms with Crippen molar-refractivity contribution < 1.29 is 4.79 Å². The van der Waals surface area contributed by atoms with Crippen LogP contribution in [0.5, 0.6) is 0 Å². The molecule has 1 fully saturated rings. The zero-order valence-corrected chi connectivity index (χ0v) is 11.8. The molecule has 0 bridgehead atoms. The number of amides is 1. The smallest absolute Gasteiger partial charge is 0.239 e. The van der Waals surface area contributed by atoms with E-state index < -0.39 is 5.54 Å². The molecular formula is C14H28N2O. The van der Waals surface area contributed by atoms with Gasteiger partial charge < -0.3 is 11.1 Å². The van der Waals surface area contributed by atoms with E-state index in [1.807, 2.05) is 0 Å². The maximum Gasteiger partial charge on any atom is 0.239 e. The Kier molecular flexibility index (Phi) is 4.59. The van der Waals surface area contributed by atoms with E-state index in [1.54, 1.807) is 13.8 Å². The van der Waals surface area contributed by atoms with E-state index in [1.165, 1.54) is 32.1 Å². The van der Waals surface area contributed by atoms with Crippen LogP contribution in [0.3, 0.4) is 0 Å². The SMILES string of the molecule is CC(C)CC1(CNC(=O)C(C)(C)N)CCCC1. The van der Waals surface area contributed by atoms with Gasteiger partial charge in [0.15, 0.2) is 0 Å². The lowest BCUT2D eigenvalue weighted by Gasteiger charge is -2.32. The molecule has 1 aliphatic carbocycles. The molecule has 3 heteroatoms. The van der Waals surface area contributed by atoms with Crippen LogP contribution in [0.4, 0.5) is 0 Å². The molecule has 100 valence electrons. The number of hydrogen-bond donors (Lipinski definition) is 2. The first-order chi connectivity index (χ1) is 7.75. The van der Waals surface area contributed by atoms with Crippen LogP contribution in [0.1, 0.15) is 59.8 Å². The van der Waals surface area contributed by atoms with Gasteiger partial charge in [0, 0.05) is 6.54 Å². The van der Waals surface area contributed by atoms with Gasteiger partial charge in [-0.3, -0.25) is 4.79 Å². The highest BCUT2D eigenvalue weighted by molar-refractivity contribution is 5.85. The second-order valence-electron chi connectivity index (χ2n) is 6.71. The standard InChI is InChI=1S/C14H28N2O/c1-11(2)9-14(7-5-6-8-14)10-16-12(17)13(3,4)15/h11H,5-10,15H2,1-4H3,(H,16,17). The normalized spacial score (nSPS) is 19.6. The third-order valence-corrected chi connectivity index (χ3v) is 3.71. The van der Waals surface area contributed by atoms with Crippen LogP contribution in [0.25, 0.3) is 0 Å². The van der Waals surface area contributed by atoms with Crippen molar-refractivity contribution in [3.63, 3.8) is 0 Å². The summed E-state index contributed by atoms with van der Waals surface area (Å²) in [5.41, 5.74) is 5.36. The number of carbonyl (C=O) groups is 1. The Labute approximate surface area is 106 Å². The van der Waals surface area contributed by atoms with Crippen LogP contribution in [-0.4, -0.2) is 18.0 Å². The molecule has 0 unspecified atom stereocenters. The average molecular weight is 240 g/mol. The van der Waals surface area contributed by atoms with Crippen molar-refractivity contribution in [2.24, 2.45) is 17.1 Å². The summed E-state index contributed by atoms with van der Waals surface area (Å²) in [4.78, 5) is 11.8. The zero-order valence-electron chi connectivity index (χ0n) is 11.8. The first-order valence-electron chi connectivity index (χ1n) is 6.82. The summed E-state index contributed by atoms with van der Waals surface area (Å²) in [6, 6.07) is 0. The summed E-state index contributed by atoms with van der Waals surface area (Å²) in [6.45, 7) is 8.83. The molecule has 0 aromatic heterocycles. The minimum absolute atomic E-state index is 0.0347. The molecule has 17 heavy (non-hydrogen) atoms. The molecule has 1 aliphatic rings. The molecule has 0 saturated heterocycles. The van der Waals surface area contributed by atoms with E-state index in [0.29, 0.717) is 11.3 Å². The highest BCUT2D eigenvalue weighted by atomic mass is 16.2. The van der Waals surface area contributed by atoms with Crippen molar-refractivity contribution in [1.82, 2.24) is 5.32 Å². The van der Waals surface area contributed by atoms with Gasteiger partial charge in [0.25, 0.3) is 0 Å². The third kappa shape index (κ3) is 4.30. The summed E-state index contributed by atoms with van der Waals surface area (Å²) in [7, 11) is 0. The molecule has 3 nitrogen and oxygen atoms in total. The Morgan fingerprint density at radius 2 is 1.88 bits per heavy atom. The van der Waals surface area contributed by atoms with Gasteiger partial charge in [0.2, 0.25) is 5.91 Å². The van der Waals surface area contributed by atoms with Crippen molar-refractivity contribution >= 4 is 5.91 Å². The van der Waals surface area contributed by atoms with Gasteiger partial charge in [-0.2, -0.15) is 0 Å². The van der Waals surface area contributed by atoms with E-state index in [2.05, 4.69) is 19.2 Å². The fourth-order valence-electron chi connectivity index (χ4n) is 2.94. The van der Waals surface area contributed by atoms with Gasteiger partial charge in [0.1, 0.15) is 0 Å². The molecule has 1 saturated carbocycles. The summed E-state index contributed by atoms with van der Waals surface area (Å²) in [5.74, 6) is 0.656. The molecule has 0 atom stereocenters. The first-order valence-corrected chi connectivity index (χ1v) is 6.82. The van der Waals surface area contributed by atoms with E-state index >= 15 is 0 Å². The first kappa shape index (κ1) is 14.5. The van der Waals surface area contributed by atoms with Crippen molar-refractivity contribution in [3.8, 4) is 0 Å². The zero-order chi connectivity index (χ0) is 13.1. The van der Waals surface area contributed by atoms with E-state index in [4.69, 9.17) is 5.73 Å². The monoisotopic (exact) mass is 240 g/mol. The third-order valence-electron chi connectivity index (χ3n) is 3.71. The van der Waals surface area contributed by atoms with Crippen LogP contribution in [0.2, 0.25) is 0 Å². The van der Waals surface area contributed by atoms with Crippen LogP contribution >= 0.6 is 0 Å². The van der Waals surface area contributed by atoms with Gasteiger partial charge in [-0.05, 0) is 44.4 Å². The van der Waals surface area contributed by atoms with Crippen molar-refractivity contribution in [3.05, 3.63) is 0 Å². The average Bonchev–Trinajstić information content (AvgIpc) is 2.60. The maximum atomic E-state index is 11.8. The molecule has 0 aromatic carbocycles. The Bertz CT molecular complexity index is 260.